The molecule has 1 heterocycles. The molecule has 1 aromatic heterocycles. The number of benzene rings is 1. The van der Waals surface area contributed by atoms with E-state index in [0.717, 1.165) is 29.5 Å². The van der Waals surface area contributed by atoms with Gasteiger partial charge in [-0.05, 0) is 44.5 Å². The first-order valence-corrected chi connectivity index (χ1v) is 8.12. The molecular weight excluding hydrogens is 351 g/mol. The van der Waals surface area contributed by atoms with E-state index in [4.69, 9.17) is 0 Å². The predicted molar refractivity (Wildman–Crippen MR) is 88.7 cm³/mol. The maximum Gasteiger partial charge on any atom is 0.237 e. The molecule has 1 atom stereocenters. The average Bonchev–Trinajstić information content (AvgIpc) is 2.55. The van der Waals surface area contributed by atoms with E-state index in [0.29, 0.717) is 16.3 Å². The minimum Gasteiger partial charge on any atom is -0.323 e. The lowest BCUT2D eigenvalue weighted by atomic mass is 10.1. The van der Waals surface area contributed by atoms with Gasteiger partial charge >= 0.3 is 0 Å². The van der Waals surface area contributed by atoms with Crippen LogP contribution in [0.3, 0.4) is 0 Å². The molecule has 0 aliphatic carbocycles. The number of carbonyl (C=O) groups excluding carboxylic acids is 1. The highest BCUT2D eigenvalue weighted by Gasteiger charge is 2.21. The zero-order chi connectivity index (χ0) is 18.7. The van der Waals surface area contributed by atoms with Gasteiger partial charge in [0.2, 0.25) is 5.91 Å². The van der Waals surface area contributed by atoms with E-state index in [9.17, 15) is 23.2 Å². The molecule has 0 spiro atoms. The van der Waals surface area contributed by atoms with E-state index in [1.54, 1.807) is 19.9 Å². The number of carbonyl (C=O) groups is 1. The molecule has 1 N–H and O–H groups in total. The Morgan fingerprint density at radius 2 is 1.96 bits per heavy atom. The monoisotopic (exact) mass is 365 g/mol. The van der Waals surface area contributed by atoms with Crippen LogP contribution in [0.5, 0.6) is 0 Å². The van der Waals surface area contributed by atoms with Crippen LogP contribution < -0.4 is 5.32 Å². The van der Waals surface area contributed by atoms with Crippen LogP contribution in [0, 0.1) is 42.6 Å². The van der Waals surface area contributed by atoms with E-state index in [2.05, 4.69) is 10.3 Å². The predicted octanol–water partition coefficient (Wildman–Crippen LogP) is 4.11. The Hall–Kier alpha value is -2.53. The quantitative estimate of drug-likeness (QED) is 0.654. The number of aromatic nitrogens is 1. The summed E-state index contributed by atoms with van der Waals surface area (Å²) in [6.45, 7) is 5.07. The van der Waals surface area contributed by atoms with Crippen LogP contribution in [-0.4, -0.2) is 16.1 Å². The van der Waals surface area contributed by atoms with E-state index >= 15 is 0 Å². The minimum atomic E-state index is -1.65. The summed E-state index contributed by atoms with van der Waals surface area (Å²) >= 11 is 1.03. The second kappa shape index (κ2) is 7.57. The number of hydrogen-bond donors (Lipinski definition) is 1. The number of nitrogens with one attached hydrogen (secondary N) is 1. The van der Waals surface area contributed by atoms with Gasteiger partial charge in [0.25, 0.3) is 0 Å². The molecule has 1 unspecified atom stereocenters. The largest absolute Gasteiger partial charge is 0.323 e. The summed E-state index contributed by atoms with van der Waals surface area (Å²) in [7, 11) is 0. The molecule has 0 bridgehead atoms. The van der Waals surface area contributed by atoms with Crippen molar-refractivity contribution >= 4 is 23.4 Å². The third-order valence-electron chi connectivity index (χ3n) is 3.37. The molecule has 0 aliphatic rings. The Labute approximate surface area is 147 Å². The van der Waals surface area contributed by atoms with Crippen LogP contribution in [0.4, 0.5) is 18.9 Å². The van der Waals surface area contributed by atoms with Gasteiger partial charge in [-0.2, -0.15) is 5.26 Å². The van der Waals surface area contributed by atoms with Gasteiger partial charge in [-0.1, -0.05) is 11.8 Å². The van der Waals surface area contributed by atoms with Gasteiger partial charge in [0, 0.05) is 5.69 Å². The SMILES string of the molecule is Cc1cc(C)c(C#N)c(SC(C)C(=O)Nc2ccc(F)c(F)c2F)n1. The first-order valence-electron chi connectivity index (χ1n) is 7.24. The summed E-state index contributed by atoms with van der Waals surface area (Å²) in [4.78, 5) is 16.5. The van der Waals surface area contributed by atoms with Crippen LogP contribution in [0.25, 0.3) is 0 Å². The van der Waals surface area contributed by atoms with Gasteiger partial charge < -0.3 is 5.32 Å². The lowest BCUT2D eigenvalue weighted by molar-refractivity contribution is -0.115. The third-order valence-corrected chi connectivity index (χ3v) is 4.46. The van der Waals surface area contributed by atoms with Crippen molar-refractivity contribution < 1.29 is 18.0 Å². The molecule has 0 aliphatic heterocycles. The van der Waals surface area contributed by atoms with Gasteiger partial charge in [-0.3, -0.25) is 4.79 Å². The number of anilines is 1. The Morgan fingerprint density at radius 1 is 1.28 bits per heavy atom. The fraction of sp³-hybridized carbons (Fsp3) is 0.235. The molecule has 25 heavy (non-hydrogen) atoms. The van der Waals surface area contributed by atoms with E-state index in [1.165, 1.54) is 6.92 Å². The number of halogens is 3. The fourth-order valence-electron chi connectivity index (χ4n) is 2.10. The van der Waals surface area contributed by atoms with Crippen molar-refractivity contribution in [3.05, 3.63) is 52.5 Å². The molecular formula is C17H14F3N3OS. The van der Waals surface area contributed by atoms with Gasteiger partial charge in [-0.25, -0.2) is 18.2 Å². The molecule has 2 aromatic rings. The maximum absolute atomic E-state index is 13.6. The number of nitriles is 1. The molecule has 0 fully saturated rings. The normalized spacial score (nSPS) is 11.7. The average molecular weight is 365 g/mol. The molecule has 0 saturated heterocycles. The lowest BCUT2D eigenvalue weighted by Crippen LogP contribution is -2.23. The van der Waals surface area contributed by atoms with Crippen LogP contribution in [0.2, 0.25) is 0 Å². The Morgan fingerprint density at radius 3 is 2.60 bits per heavy atom. The number of pyridine rings is 1. The van der Waals surface area contributed by atoms with Gasteiger partial charge in [0.05, 0.1) is 16.5 Å². The summed E-state index contributed by atoms with van der Waals surface area (Å²) in [5.41, 5.74) is 1.33. The smallest absolute Gasteiger partial charge is 0.237 e. The number of rotatable bonds is 4. The summed E-state index contributed by atoms with van der Waals surface area (Å²) in [5, 5.41) is 11.1. The number of thioether (sulfide) groups is 1. The molecule has 2 rings (SSSR count). The molecule has 8 heteroatoms. The summed E-state index contributed by atoms with van der Waals surface area (Å²) < 4.78 is 39.8. The maximum atomic E-state index is 13.6. The van der Waals surface area contributed by atoms with Crippen molar-refractivity contribution in [2.24, 2.45) is 0 Å². The Kier molecular flexibility index (Phi) is 5.69. The van der Waals surface area contributed by atoms with Gasteiger partial charge in [-0.15, -0.1) is 0 Å². The van der Waals surface area contributed by atoms with E-state index in [1.807, 2.05) is 6.07 Å². The molecule has 0 saturated carbocycles. The van der Waals surface area contributed by atoms with Crippen molar-refractivity contribution in [3.8, 4) is 6.07 Å². The lowest BCUT2D eigenvalue weighted by Gasteiger charge is -2.14. The Balaban J connectivity index is 2.20. The standard InChI is InChI=1S/C17H14F3N3OS/c1-8-6-9(2)22-17(11(8)7-21)25-10(3)16(24)23-13-5-4-12(18)14(19)15(13)20/h4-6,10H,1-3H3,(H,23,24). The number of hydrogen-bond acceptors (Lipinski definition) is 4. The minimum absolute atomic E-state index is 0.356. The summed E-state index contributed by atoms with van der Waals surface area (Å²) in [5.74, 6) is -5.08. The molecule has 4 nitrogen and oxygen atoms in total. The van der Waals surface area contributed by atoms with Crippen molar-refractivity contribution in [2.45, 2.75) is 31.0 Å². The van der Waals surface area contributed by atoms with Crippen LogP contribution >= 0.6 is 11.8 Å². The zero-order valence-corrected chi connectivity index (χ0v) is 14.5. The molecule has 1 amide bonds. The van der Waals surface area contributed by atoms with Crippen LogP contribution in [0.15, 0.2) is 23.2 Å². The Bertz CT molecular complexity index is 880. The number of amides is 1. The van der Waals surface area contributed by atoms with Crippen LogP contribution in [-0.2, 0) is 4.79 Å². The fourth-order valence-corrected chi connectivity index (χ4v) is 3.12. The van der Waals surface area contributed by atoms with Crippen LogP contribution in [0.1, 0.15) is 23.7 Å². The number of nitrogens with zero attached hydrogens (tertiary/aromatic N) is 2. The highest BCUT2D eigenvalue weighted by atomic mass is 32.2. The first kappa shape index (κ1) is 18.8. The van der Waals surface area contributed by atoms with Crippen molar-refractivity contribution in [1.82, 2.24) is 4.98 Å². The molecule has 130 valence electrons. The third kappa shape index (κ3) is 4.12. The number of aryl methyl sites for hydroxylation is 2. The van der Waals surface area contributed by atoms with Gasteiger partial charge in [0.15, 0.2) is 17.5 Å². The topological polar surface area (TPSA) is 65.8 Å². The molecule has 0 radical (unpaired) electrons. The first-order chi connectivity index (χ1) is 11.7. The van der Waals surface area contributed by atoms with Crippen molar-refractivity contribution in [2.75, 3.05) is 5.32 Å². The highest BCUT2D eigenvalue weighted by molar-refractivity contribution is 8.00. The van der Waals surface area contributed by atoms with Crippen molar-refractivity contribution in [1.29, 1.82) is 5.26 Å². The van der Waals surface area contributed by atoms with E-state index < -0.39 is 34.3 Å². The molecule has 1 aromatic carbocycles. The second-order valence-electron chi connectivity index (χ2n) is 5.34. The van der Waals surface area contributed by atoms with Crippen molar-refractivity contribution in [3.63, 3.8) is 0 Å². The highest BCUT2D eigenvalue weighted by Crippen LogP contribution is 2.28. The zero-order valence-electron chi connectivity index (χ0n) is 13.7. The van der Waals surface area contributed by atoms with Gasteiger partial charge in [0.1, 0.15) is 11.1 Å². The summed E-state index contributed by atoms with van der Waals surface area (Å²) in [6, 6.07) is 5.47. The van der Waals surface area contributed by atoms with E-state index in [-0.39, 0.29) is 0 Å². The summed E-state index contributed by atoms with van der Waals surface area (Å²) in [6.07, 6.45) is 0. The second-order valence-corrected chi connectivity index (χ2v) is 6.67.